The van der Waals surface area contributed by atoms with Crippen LogP contribution in [0.15, 0.2) is 35.3 Å². The Bertz CT molecular complexity index is 649. The third kappa shape index (κ3) is 8.00. The highest BCUT2D eigenvalue weighted by atomic mass is 127. The van der Waals surface area contributed by atoms with E-state index in [0.717, 1.165) is 0 Å². The van der Waals surface area contributed by atoms with E-state index in [1.807, 2.05) is 23.1 Å². The molecule has 0 saturated carbocycles. The fourth-order valence-corrected chi connectivity index (χ4v) is 3.04. The summed E-state index contributed by atoms with van der Waals surface area (Å²) >= 11 is 0. The van der Waals surface area contributed by atoms with Crippen molar-refractivity contribution < 1.29 is 18.0 Å². The van der Waals surface area contributed by atoms with Crippen LogP contribution in [-0.2, 0) is 0 Å². The van der Waals surface area contributed by atoms with Crippen LogP contribution in [0.1, 0.15) is 23.7 Å². The molecule has 1 amide bonds. The molecular weight excluding hydrogens is 498 g/mol. The van der Waals surface area contributed by atoms with E-state index < -0.39 is 12.2 Å². The molecule has 1 aromatic rings. The fourth-order valence-electron chi connectivity index (χ4n) is 3.04. The molecule has 10 heteroatoms. The van der Waals surface area contributed by atoms with Crippen LogP contribution in [0.2, 0.25) is 0 Å². The van der Waals surface area contributed by atoms with Gasteiger partial charge in [-0.3, -0.25) is 14.7 Å². The molecule has 1 aliphatic heterocycles. The number of aliphatic imine (C=N–C) groups is 1. The molecule has 0 bridgehead atoms. The summed E-state index contributed by atoms with van der Waals surface area (Å²) in [5.41, 5.74) is 0.622. The Morgan fingerprint density at radius 1 is 1.10 bits per heavy atom. The highest BCUT2D eigenvalue weighted by Gasteiger charge is 2.41. The molecule has 0 radical (unpaired) electrons. The lowest BCUT2D eigenvalue weighted by atomic mass is 10.2. The van der Waals surface area contributed by atoms with Crippen LogP contribution in [-0.4, -0.2) is 80.2 Å². The average molecular weight is 527 g/mol. The average Bonchev–Trinajstić information content (AvgIpc) is 2.70. The van der Waals surface area contributed by atoms with Gasteiger partial charge in [0.2, 0.25) is 0 Å². The predicted molar refractivity (Wildman–Crippen MR) is 119 cm³/mol. The van der Waals surface area contributed by atoms with Crippen molar-refractivity contribution in [2.45, 2.75) is 25.6 Å². The second kappa shape index (κ2) is 12.2. The first-order valence-electron chi connectivity index (χ1n) is 9.42. The molecule has 2 rings (SSSR count). The molecule has 1 atom stereocenters. The van der Waals surface area contributed by atoms with E-state index in [9.17, 15) is 18.0 Å². The lowest BCUT2D eigenvalue weighted by Crippen LogP contribution is -2.56. The predicted octanol–water partition coefficient (Wildman–Crippen LogP) is 2.57. The van der Waals surface area contributed by atoms with Crippen molar-refractivity contribution >= 4 is 35.8 Å². The normalized spacial score (nSPS) is 16.7. The summed E-state index contributed by atoms with van der Waals surface area (Å²) in [6, 6.07) is 7.57. The molecule has 1 aliphatic rings. The summed E-state index contributed by atoms with van der Waals surface area (Å²) in [5.74, 6) is 0.564. The highest BCUT2D eigenvalue weighted by Crippen LogP contribution is 2.25. The highest BCUT2D eigenvalue weighted by molar-refractivity contribution is 14.0. The SMILES string of the molecule is CN=C(NCCCNC(=O)c1ccccc1)N1CCN(C(C)C(F)(F)F)CC1.I. The molecule has 1 aromatic carbocycles. The zero-order valence-corrected chi connectivity index (χ0v) is 19.0. The standard InChI is InChI=1S/C19H28F3N5O.HI/c1-15(19(20,21)22)26-11-13-27(14-12-26)18(23-2)25-10-6-9-24-17(28)16-7-4-3-5-8-16;/h3-5,7-8,15H,6,9-14H2,1-2H3,(H,23,25)(H,24,28);1H. The third-order valence-corrected chi connectivity index (χ3v) is 4.81. The van der Waals surface area contributed by atoms with Gasteiger partial charge in [0.15, 0.2) is 5.96 Å². The van der Waals surface area contributed by atoms with Gasteiger partial charge in [-0.05, 0) is 25.5 Å². The van der Waals surface area contributed by atoms with Gasteiger partial charge < -0.3 is 15.5 Å². The lowest BCUT2D eigenvalue weighted by Gasteiger charge is -2.39. The second-order valence-electron chi connectivity index (χ2n) is 6.69. The minimum Gasteiger partial charge on any atom is -0.356 e. The Labute approximate surface area is 186 Å². The maximum absolute atomic E-state index is 12.8. The number of alkyl halides is 3. The molecular formula is C19H29F3IN5O. The van der Waals surface area contributed by atoms with E-state index in [1.165, 1.54) is 11.8 Å². The minimum atomic E-state index is -4.20. The molecule has 0 spiro atoms. The van der Waals surface area contributed by atoms with Crippen LogP contribution >= 0.6 is 24.0 Å². The maximum Gasteiger partial charge on any atom is 0.403 e. The zero-order chi connectivity index (χ0) is 20.6. The Morgan fingerprint density at radius 2 is 1.69 bits per heavy atom. The number of carbonyl (C=O) groups is 1. The molecule has 1 unspecified atom stereocenters. The number of nitrogens with one attached hydrogen (secondary N) is 2. The number of piperazine rings is 1. The molecule has 1 fully saturated rings. The van der Waals surface area contributed by atoms with E-state index >= 15 is 0 Å². The number of hydrogen-bond acceptors (Lipinski definition) is 3. The van der Waals surface area contributed by atoms with E-state index in [1.54, 1.807) is 19.2 Å². The number of benzene rings is 1. The van der Waals surface area contributed by atoms with Crippen LogP contribution in [0.4, 0.5) is 13.2 Å². The van der Waals surface area contributed by atoms with Crippen LogP contribution < -0.4 is 10.6 Å². The van der Waals surface area contributed by atoms with E-state index in [2.05, 4.69) is 15.6 Å². The molecule has 1 saturated heterocycles. The molecule has 164 valence electrons. The third-order valence-electron chi connectivity index (χ3n) is 4.81. The van der Waals surface area contributed by atoms with Gasteiger partial charge in [0.1, 0.15) is 6.04 Å². The fraction of sp³-hybridized carbons (Fsp3) is 0.579. The minimum absolute atomic E-state index is 0. The first kappa shape index (κ1) is 25.5. The zero-order valence-electron chi connectivity index (χ0n) is 16.7. The number of nitrogens with zero attached hydrogens (tertiary/aromatic N) is 3. The monoisotopic (exact) mass is 527 g/mol. The van der Waals surface area contributed by atoms with E-state index in [4.69, 9.17) is 0 Å². The Balaban J connectivity index is 0.00000420. The molecule has 0 aliphatic carbocycles. The number of rotatable bonds is 6. The topological polar surface area (TPSA) is 60.0 Å². The molecule has 2 N–H and O–H groups in total. The van der Waals surface area contributed by atoms with Crippen molar-refractivity contribution in [3.05, 3.63) is 35.9 Å². The van der Waals surface area contributed by atoms with Crippen LogP contribution in [0, 0.1) is 0 Å². The van der Waals surface area contributed by atoms with Crippen LogP contribution in [0.5, 0.6) is 0 Å². The van der Waals surface area contributed by atoms with Crippen molar-refractivity contribution in [1.82, 2.24) is 20.4 Å². The van der Waals surface area contributed by atoms with Gasteiger partial charge in [0.25, 0.3) is 5.91 Å². The van der Waals surface area contributed by atoms with Gasteiger partial charge in [0.05, 0.1) is 0 Å². The van der Waals surface area contributed by atoms with Gasteiger partial charge >= 0.3 is 6.18 Å². The summed E-state index contributed by atoms with van der Waals surface area (Å²) in [7, 11) is 1.66. The number of guanidine groups is 1. The van der Waals surface area contributed by atoms with Gasteiger partial charge in [0, 0.05) is 51.9 Å². The maximum atomic E-state index is 12.8. The number of carbonyl (C=O) groups excluding carboxylic acids is 1. The summed E-state index contributed by atoms with van der Waals surface area (Å²) in [4.78, 5) is 19.6. The van der Waals surface area contributed by atoms with Gasteiger partial charge in [-0.25, -0.2) is 0 Å². The van der Waals surface area contributed by atoms with Gasteiger partial charge in [-0.2, -0.15) is 13.2 Å². The number of halogens is 4. The van der Waals surface area contributed by atoms with E-state index in [-0.39, 0.29) is 29.9 Å². The Morgan fingerprint density at radius 3 is 2.24 bits per heavy atom. The van der Waals surface area contributed by atoms with Crippen molar-refractivity contribution in [3.8, 4) is 0 Å². The number of hydrogen-bond donors (Lipinski definition) is 2. The molecule has 6 nitrogen and oxygen atoms in total. The summed E-state index contributed by atoms with van der Waals surface area (Å²) in [6.45, 7) is 4.00. The molecule has 1 heterocycles. The van der Waals surface area contributed by atoms with Crippen LogP contribution in [0.25, 0.3) is 0 Å². The summed E-state index contributed by atoms with van der Waals surface area (Å²) in [5, 5.41) is 6.07. The van der Waals surface area contributed by atoms with Crippen molar-refractivity contribution in [3.63, 3.8) is 0 Å². The van der Waals surface area contributed by atoms with Crippen molar-refractivity contribution in [2.75, 3.05) is 46.3 Å². The smallest absolute Gasteiger partial charge is 0.356 e. The van der Waals surface area contributed by atoms with Gasteiger partial charge in [-0.15, -0.1) is 24.0 Å². The Kier molecular flexibility index (Phi) is 10.7. The molecule has 0 aromatic heterocycles. The number of amides is 1. The van der Waals surface area contributed by atoms with Crippen molar-refractivity contribution in [2.24, 2.45) is 4.99 Å². The second-order valence-corrected chi connectivity index (χ2v) is 6.69. The first-order chi connectivity index (χ1) is 13.3. The Hall–Kier alpha value is -1.56. The first-order valence-corrected chi connectivity index (χ1v) is 9.42. The van der Waals surface area contributed by atoms with Crippen molar-refractivity contribution in [1.29, 1.82) is 0 Å². The lowest BCUT2D eigenvalue weighted by molar-refractivity contribution is -0.181. The summed E-state index contributed by atoms with van der Waals surface area (Å²) < 4.78 is 38.5. The van der Waals surface area contributed by atoms with Gasteiger partial charge in [-0.1, -0.05) is 18.2 Å². The van der Waals surface area contributed by atoms with Crippen LogP contribution in [0.3, 0.4) is 0 Å². The van der Waals surface area contributed by atoms with E-state index in [0.29, 0.717) is 57.2 Å². The largest absolute Gasteiger partial charge is 0.403 e. The molecule has 29 heavy (non-hydrogen) atoms. The summed E-state index contributed by atoms with van der Waals surface area (Å²) in [6.07, 6.45) is -3.49. The quantitative estimate of drug-likeness (QED) is 0.259.